The van der Waals surface area contributed by atoms with E-state index in [9.17, 15) is 9.90 Å². The molecule has 0 amide bonds. The van der Waals surface area contributed by atoms with Crippen LogP contribution in [-0.2, 0) is 17.8 Å². The fraction of sp³-hybridized carbons (Fsp3) is 0.486. The molecule has 3 atom stereocenters. The van der Waals surface area contributed by atoms with Gasteiger partial charge < -0.3 is 14.6 Å². The zero-order valence-electron chi connectivity index (χ0n) is 25.3. The molecule has 1 aromatic heterocycles. The normalized spacial score (nSPS) is 18.2. The summed E-state index contributed by atoms with van der Waals surface area (Å²) < 4.78 is 12.1. The van der Waals surface area contributed by atoms with Gasteiger partial charge in [-0.15, -0.1) is 0 Å². The molecule has 6 nitrogen and oxygen atoms in total. The highest BCUT2D eigenvalue weighted by molar-refractivity contribution is 5.71. The van der Waals surface area contributed by atoms with E-state index in [-0.39, 0.29) is 12.0 Å². The van der Waals surface area contributed by atoms with Crippen molar-refractivity contribution in [2.24, 2.45) is 11.8 Å². The molecule has 0 spiro atoms. The van der Waals surface area contributed by atoms with Gasteiger partial charge in [-0.1, -0.05) is 37.3 Å². The van der Waals surface area contributed by atoms with E-state index >= 15 is 0 Å². The summed E-state index contributed by atoms with van der Waals surface area (Å²) in [5.74, 6) is 0.846. The van der Waals surface area contributed by atoms with Crippen molar-refractivity contribution >= 4 is 5.97 Å². The zero-order chi connectivity index (χ0) is 29.3. The Morgan fingerprint density at radius 1 is 1.02 bits per heavy atom. The highest BCUT2D eigenvalue weighted by Crippen LogP contribution is 2.48. The first-order valence-corrected chi connectivity index (χ1v) is 15.1. The summed E-state index contributed by atoms with van der Waals surface area (Å²) in [6.45, 7) is 11.7. The Morgan fingerprint density at radius 2 is 1.78 bits per heavy atom. The largest absolute Gasteiger partial charge is 0.485 e. The molecular formula is C35H44N2O4. The van der Waals surface area contributed by atoms with E-state index in [4.69, 9.17) is 9.47 Å². The smallest absolute Gasteiger partial charge is 0.306 e. The van der Waals surface area contributed by atoms with Gasteiger partial charge in [-0.05, 0) is 111 Å². The molecule has 1 N–H and O–H groups in total. The molecule has 1 saturated carbocycles. The number of methoxy groups -OCH3 is 1. The first-order chi connectivity index (χ1) is 19.7. The van der Waals surface area contributed by atoms with Crippen molar-refractivity contribution in [2.45, 2.75) is 91.0 Å². The quantitative estimate of drug-likeness (QED) is 0.261. The lowest BCUT2D eigenvalue weighted by atomic mass is 9.82. The summed E-state index contributed by atoms with van der Waals surface area (Å²) in [6.07, 6.45) is 5.79. The van der Waals surface area contributed by atoms with E-state index in [1.54, 1.807) is 13.3 Å². The Balaban J connectivity index is 1.47. The summed E-state index contributed by atoms with van der Waals surface area (Å²) >= 11 is 0. The van der Waals surface area contributed by atoms with Gasteiger partial charge in [0.2, 0.25) is 5.88 Å². The molecule has 1 fully saturated rings. The maximum atomic E-state index is 11.9. The van der Waals surface area contributed by atoms with Crippen LogP contribution < -0.4 is 9.47 Å². The number of hydrogen-bond donors (Lipinski definition) is 1. The van der Waals surface area contributed by atoms with E-state index in [1.165, 1.54) is 22.3 Å². The van der Waals surface area contributed by atoms with E-state index < -0.39 is 11.9 Å². The highest BCUT2D eigenvalue weighted by atomic mass is 16.5. The SMILES string of the molecule is COc1cc(-c2ccc([C@@H]3CCc4ccc(C(C5CC5)C(C)C(=O)O)cc4O3)cc2CN(C(C)C)C(C)C)ccn1. The van der Waals surface area contributed by atoms with Gasteiger partial charge in [0.25, 0.3) is 0 Å². The summed E-state index contributed by atoms with van der Waals surface area (Å²) in [5, 5.41) is 9.77. The fourth-order valence-electron chi connectivity index (χ4n) is 6.48. The summed E-state index contributed by atoms with van der Waals surface area (Å²) in [5.41, 5.74) is 6.98. The molecule has 41 heavy (non-hydrogen) atoms. The van der Waals surface area contributed by atoms with Crippen LogP contribution in [0.3, 0.4) is 0 Å². The predicted octanol–water partition coefficient (Wildman–Crippen LogP) is 7.66. The van der Waals surface area contributed by atoms with Crippen LogP contribution in [0.15, 0.2) is 54.7 Å². The molecule has 2 aromatic carbocycles. The fourth-order valence-corrected chi connectivity index (χ4v) is 6.48. The van der Waals surface area contributed by atoms with Crippen LogP contribution >= 0.6 is 0 Å². The van der Waals surface area contributed by atoms with Gasteiger partial charge in [0.1, 0.15) is 11.9 Å². The number of aryl methyl sites for hydroxylation is 1. The third-order valence-corrected chi connectivity index (χ3v) is 8.91. The number of nitrogens with zero attached hydrogens (tertiary/aromatic N) is 2. The summed E-state index contributed by atoms with van der Waals surface area (Å²) in [6, 6.07) is 18.0. The maximum Gasteiger partial charge on any atom is 0.306 e. The van der Waals surface area contributed by atoms with Crippen LogP contribution in [-0.4, -0.2) is 40.2 Å². The van der Waals surface area contributed by atoms with Gasteiger partial charge in [0, 0.05) is 30.9 Å². The topological polar surface area (TPSA) is 71.9 Å². The lowest BCUT2D eigenvalue weighted by Crippen LogP contribution is -2.36. The number of aliphatic carboxylic acids is 1. The number of ether oxygens (including phenoxy) is 2. The maximum absolute atomic E-state index is 11.9. The number of rotatable bonds is 11. The minimum Gasteiger partial charge on any atom is -0.485 e. The van der Waals surface area contributed by atoms with Gasteiger partial charge in [-0.25, -0.2) is 4.98 Å². The number of carboxylic acids is 1. The predicted molar refractivity (Wildman–Crippen MR) is 162 cm³/mol. The average Bonchev–Trinajstić information content (AvgIpc) is 3.80. The second kappa shape index (κ2) is 12.2. The monoisotopic (exact) mass is 556 g/mol. The molecule has 6 heteroatoms. The highest BCUT2D eigenvalue weighted by Gasteiger charge is 2.39. The molecule has 2 heterocycles. The second-order valence-electron chi connectivity index (χ2n) is 12.4. The van der Waals surface area contributed by atoms with Crippen LogP contribution in [0.25, 0.3) is 11.1 Å². The van der Waals surface area contributed by atoms with E-state index in [2.05, 4.69) is 74.0 Å². The lowest BCUT2D eigenvalue weighted by molar-refractivity contribution is -0.142. The number of benzene rings is 2. The minimum atomic E-state index is -0.727. The lowest BCUT2D eigenvalue weighted by Gasteiger charge is -2.32. The van der Waals surface area contributed by atoms with Gasteiger partial charge in [-0.3, -0.25) is 9.69 Å². The zero-order valence-corrected chi connectivity index (χ0v) is 25.3. The minimum absolute atomic E-state index is 0.0306. The van der Waals surface area contributed by atoms with Gasteiger partial charge in [0.05, 0.1) is 13.0 Å². The number of carbonyl (C=O) groups is 1. The molecular weight excluding hydrogens is 512 g/mol. The molecule has 5 rings (SSSR count). The first-order valence-electron chi connectivity index (χ1n) is 15.1. The third kappa shape index (κ3) is 6.43. The Labute approximate surface area is 244 Å². The van der Waals surface area contributed by atoms with Crippen LogP contribution in [0, 0.1) is 11.8 Å². The molecule has 0 saturated heterocycles. The van der Waals surface area contributed by atoms with E-state index in [0.717, 1.165) is 49.1 Å². The molecule has 3 aromatic rings. The van der Waals surface area contributed by atoms with Crippen LogP contribution in [0.5, 0.6) is 11.6 Å². The first kappa shape index (κ1) is 29.1. The molecule has 2 aliphatic rings. The van der Waals surface area contributed by atoms with E-state index in [1.807, 2.05) is 19.1 Å². The molecule has 0 radical (unpaired) electrons. The molecule has 218 valence electrons. The average molecular weight is 557 g/mol. The Hall–Kier alpha value is -3.38. The molecule has 0 bridgehead atoms. The van der Waals surface area contributed by atoms with E-state index in [0.29, 0.717) is 23.9 Å². The van der Waals surface area contributed by atoms with Crippen LogP contribution in [0.2, 0.25) is 0 Å². The number of carboxylic acid groups (broad SMARTS) is 1. The van der Waals surface area contributed by atoms with Crippen molar-refractivity contribution in [2.75, 3.05) is 7.11 Å². The Bertz CT molecular complexity index is 1370. The van der Waals surface area contributed by atoms with Crippen molar-refractivity contribution in [3.05, 3.63) is 77.0 Å². The summed E-state index contributed by atoms with van der Waals surface area (Å²) in [7, 11) is 1.65. The van der Waals surface area contributed by atoms with Gasteiger partial charge in [-0.2, -0.15) is 0 Å². The van der Waals surface area contributed by atoms with Crippen molar-refractivity contribution in [1.29, 1.82) is 0 Å². The Morgan fingerprint density at radius 3 is 2.44 bits per heavy atom. The van der Waals surface area contributed by atoms with Crippen molar-refractivity contribution in [1.82, 2.24) is 9.88 Å². The number of aromatic nitrogens is 1. The van der Waals surface area contributed by atoms with Crippen molar-refractivity contribution < 1.29 is 19.4 Å². The number of hydrogen-bond acceptors (Lipinski definition) is 5. The van der Waals surface area contributed by atoms with Crippen LogP contribution in [0.4, 0.5) is 0 Å². The molecule has 2 unspecified atom stereocenters. The summed E-state index contributed by atoms with van der Waals surface area (Å²) in [4.78, 5) is 18.7. The van der Waals surface area contributed by atoms with Crippen molar-refractivity contribution in [3.63, 3.8) is 0 Å². The standard InChI is InChI=1S/C35H44N2O4/c1-21(2)37(22(3)4)20-29-17-27(11-13-30(29)26-15-16-36-33(19-26)40-6)31-14-12-24-7-10-28(18-32(24)41-31)34(25-8-9-25)23(5)35(38)39/h7,10-11,13,15-19,21-23,25,31,34H,8-9,12,14,20H2,1-6H3,(H,38,39)/t23?,31-,34?/m0/s1. The number of pyridine rings is 1. The second-order valence-corrected chi connectivity index (χ2v) is 12.4. The molecule has 1 aliphatic carbocycles. The number of fused-ring (bicyclic) bond motifs is 1. The van der Waals surface area contributed by atoms with Gasteiger partial charge in [0.15, 0.2) is 0 Å². The van der Waals surface area contributed by atoms with Crippen LogP contribution in [0.1, 0.15) is 88.2 Å². The van der Waals surface area contributed by atoms with Crippen molar-refractivity contribution in [3.8, 4) is 22.8 Å². The third-order valence-electron chi connectivity index (χ3n) is 8.91. The Kier molecular flexibility index (Phi) is 8.69. The molecule has 1 aliphatic heterocycles. The van der Waals surface area contributed by atoms with Gasteiger partial charge >= 0.3 is 5.97 Å².